The molecule has 0 spiro atoms. The molecule has 6 aromatic carbocycles. The van der Waals surface area contributed by atoms with Crippen LogP contribution in [0, 0.1) is 13.8 Å². The molecule has 0 atom stereocenters. The van der Waals surface area contributed by atoms with Crippen molar-refractivity contribution in [1.82, 2.24) is 0 Å². The van der Waals surface area contributed by atoms with Gasteiger partial charge in [-0.2, -0.15) is 11.1 Å². The second kappa shape index (κ2) is 18.9. The van der Waals surface area contributed by atoms with Crippen molar-refractivity contribution in [2.75, 3.05) is 0 Å². The van der Waals surface area contributed by atoms with E-state index in [9.17, 15) is 0 Å². The molecular formula is C48H60Cl2SiZr-2. The maximum Gasteiger partial charge on any atom is -0.0219 e. The zero-order valence-electron chi connectivity index (χ0n) is 34.1. The Morgan fingerprint density at radius 3 is 1.06 bits per heavy atom. The summed E-state index contributed by atoms with van der Waals surface area (Å²) in [6.07, 6.45) is 0. The molecular weight excluding hydrogens is 767 g/mol. The predicted molar refractivity (Wildman–Crippen MR) is 222 cm³/mol. The Morgan fingerprint density at radius 2 is 0.808 bits per heavy atom. The first kappa shape index (κ1) is 45.9. The van der Waals surface area contributed by atoms with Crippen LogP contribution in [0.3, 0.4) is 0 Å². The monoisotopic (exact) mass is 824 g/mol. The van der Waals surface area contributed by atoms with Gasteiger partial charge < -0.3 is 24.8 Å². The Kier molecular flexibility index (Phi) is 16.7. The van der Waals surface area contributed by atoms with E-state index in [0.717, 1.165) is 0 Å². The minimum Gasteiger partial charge on any atom is -1.00 e. The van der Waals surface area contributed by atoms with Crippen molar-refractivity contribution in [1.29, 1.82) is 0 Å². The zero-order chi connectivity index (χ0) is 37.1. The SMILES string of the molecule is C[Si](C)=[Zr+2].Cc1c(C(C)(C)C)[cH-]c2cccc(-c3ccc(C(C)C)cc3)c12.Cc1c(C(C)(C)C)[cH-]c2cccc(-c3ccc(C(C)C)cc3)c12.[Cl-].[Cl-]. The van der Waals surface area contributed by atoms with Gasteiger partial charge in [0.1, 0.15) is 0 Å². The van der Waals surface area contributed by atoms with Crippen molar-refractivity contribution in [3.63, 3.8) is 0 Å². The minimum absolute atomic E-state index is 0. The Balaban J connectivity index is 0.000000316. The van der Waals surface area contributed by atoms with Crippen LogP contribution in [0.15, 0.2) is 97.1 Å². The van der Waals surface area contributed by atoms with E-state index in [1.807, 2.05) is 0 Å². The number of aryl methyl sites for hydroxylation is 2. The van der Waals surface area contributed by atoms with E-state index in [1.165, 1.54) is 77.2 Å². The topological polar surface area (TPSA) is 0 Å². The number of fused-ring (bicyclic) bond motifs is 2. The molecule has 52 heavy (non-hydrogen) atoms. The molecule has 6 aromatic rings. The summed E-state index contributed by atoms with van der Waals surface area (Å²) < 4.78 is 0. The molecule has 0 aliphatic carbocycles. The van der Waals surface area contributed by atoms with Gasteiger partial charge >= 0.3 is 41.9 Å². The number of hydrogen-bond donors (Lipinski definition) is 0. The van der Waals surface area contributed by atoms with E-state index in [0.29, 0.717) is 11.8 Å². The summed E-state index contributed by atoms with van der Waals surface area (Å²) in [7, 11) is 0. The molecule has 4 heteroatoms. The van der Waals surface area contributed by atoms with E-state index in [-0.39, 0.29) is 41.1 Å². The van der Waals surface area contributed by atoms with Crippen LogP contribution in [-0.2, 0) is 34.2 Å². The Morgan fingerprint density at radius 1 is 0.519 bits per heavy atom. The molecule has 0 bridgehead atoms. The molecule has 0 saturated carbocycles. The van der Waals surface area contributed by atoms with Crippen LogP contribution in [0.5, 0.6) is 0 Å². The summed E-state index contributed by atoms with van der Waals surface area (Å²) in [4.78, 5) is 0. The second-order valence-corrected chi connectivity index (χ2v) is 26.3. The molecule has 0 N–H and O–H groups in total. The van der Waals surface area contributed by atoms with E-state index < -0.39 is 0 Å². The molecule has 0 saturated heterocycles. The molecule has 0 amide bonds. The Hall–Kier alpha value is -2.22. The van der Waals surface area contributed by atoms with Gasteiger partial charge in [-0.1, -0.05) is 155 Å². The normalized spacial score (nSPS) is 11.4. The van der Waals surface area contributed by atoms with Gasteiger partial charge in [-0.15, -0.1) is 69.1 Å². The summed E-state index contributed by atoms with van der Waals surface area (Å²) >= 11 is 1.74. The van der Waals surface area contributed by atoms with Crippen LogP contribution in [-0.4, -0.2) is 5.43 Å². The van der Waals surface area contributed by atoms with Gasteiger partial charge in [0.2, 0.25) is 0 Å². The molecule has 0 nitrogen and oxygen atoms in total. The molecule has 0 heterocycles. The average Bonchev–Trinajstić information content (AvgIpc) is 3.58. The van der Waals surface area contributed by atoms with E-state index in [1.54, 1.807) is 23.3 Å². The third-order valence-electron chi connectivity index (χ3n) is 9.74. The van der Waals surface area contributed by atoms with E-state index in [4.69, 9.17) is 0 Å². The number of hydrogen-bond acceptors (Lipinski definition) is 0. The van der Waals surface area contributed by atoms with Crippen molar-refractivity contribution >= 4 is 27.0 Å². The maximum absolute atomic E-state index is 2.37. The molecule has 276 valence electrons. The van der Waals surface area contributed by atoms with E-state index in [2.05, 4.69) is 193 Å². The van der Waals surface area contributed by atoms with Gasteiger partial charge in [-0.05, 0) is 44.9 Å². The summed E-state index contributed by atoms with van der Waals surface area (Å²) in [5, 5.41) is 5.54. The molecule has 0 unspecified atom stereocenters. The van der Waals surface area contributed by atoms with Gasteiger partial charge in [-0.25, -0.2) is 0 Å². The van der Waals surface area contributed by atoms with Gasteiger partial charge in [0, 0.05) is 0 Å². The Bertz CT molecular complexity index is 1910. The first-order chi connectivity index (χ1) is 23.3. The van der Waals surface area contributed by atoms with Crippen LogP contribution in [0.25, 0.3) is 43.8 Å². The third kappa shape index (κ3) is 10.9. The van der Waals surface area contributed by atoms with Gasteiger partial charge in [0.05, 0.1) is 0 Å². The Labute approximate surface area is 344 Å². The standard InChI is InChI=1S/2C23H27.C2H6Si.2ClH.Zr/c2*1-15(2)17-10-12-18(13-11-17)20-9-7-8-19-14-21(23(4,5)6)16(3)22(19)20;1-3-2;;;/h2*7-15H,1-6H3;1-2H3;2*1H;/q2*-1;;;;+2/p-2. The van der Waals surface area contributed by atoms with Gasteiger partial charge in [0.25, 0.3) is 0 Å². The van der Waals surface area contributed by atoms with E-state index >= 15 is 0 Å². The molecule has 0 aromatic heterocycles. The predicted octanol–water partition coefficient (Wildman–Crippen LogP) is 8.70. The second-order valence-electron chi connectivity index (χ2n) is 17.0. The minimum atomic E-state index is 0. The molecule has 0 aliphatic rings. The maximum atomic E-state index is 2.37. The van der Waals surface area contributed by atoms with Crippen LogP contribution in [0.1, 0.15) is 114 Å². The first-order valence-electron chi connectivity index (χ1n) is 18.4. The fraction of sp³-hybridized carbons (Fsp3) is 0.375. The number of rotatable bonds is 4. The average molecular weight is 827 g/mol. The van der Waals surface area contributed by atoms with Crippen LogP contribution >= 0.6 is 0 Å². The third-order valence-corrected chi connectivity index (χ3v) is 9.74. The first-order valence-corrected chi connectivity index (χ1v) is 24.6. The quantitative estimate of drug-likeness (QED) is 0.123. The smallest absolute Gasteiger partial charge is 0.0219 e. The van der Waals surface area contributed by atoms with Gasteiger partial charge in [0.15, 0.2) is 0 Å². The summed E-state index contributed by atoms with van der Waals surface area (Å²) in [6.45, 7) is 31.9. The van der Waals surface area contributed by atoms with Crippen LogP contribution in [0.4, 0.5) is 0 Å². The van der Waals surface area contributed by atoms with Crippen molar-refractivity contribution in [2.24, 2.45) is 0 Å². The molecule has 6 rings (SSSR count). The fourth-order valence-corrected chi connectivity index (χ4v) is 7.15. The number of benzene rings is 4. The largest absolute Gasteiger partial charge is 1.00 e. The van der Waals surface area contributed by atoms with Crippen molar-refractivity contribution in [3.05, 3.63) is 130 Å². The van der Waals surface area contributed by atoms with Crippen molar-refractivity contribution in [3.8, 4) is 22.3 Å². The van der Waals surface area contributed by atoms with Crippen LogP contribution < -0.4 is 24.8 Å². The van der Waals surface area contributed by atoms with Crippen LogP contribution in [0.2, 0.25) is 13.1 Å². The fourth-order valence-electron chi connectivity index (χ4n) is 7.15. The summed E-state index contributed by atoms with van der Waals surface area (Å²) in [5.41, 5.74) is 14.5. The molecule has 0 fully saturated rings. The van der Waals surface area contributed by atoms with Crippen molar-refractivity contribution in [2.45, 2.75) is 119 Å². The molecule has 0 aliphatic heterocycles. The summed E-state index contributed by atoms with van der Waals surface area (Å²) in [5.74, 6) is 1.15. The number of halogens is 2. The summed E-state index contributed by atoms with van der Waals surface area (Å²) in [6, 6.07) is 36.2. The molecule has 0 radical (unpaired) electrons. The van der Waals surface area contributed by atoms with Crippen molar-refractivity contribution < 1.29 is 48.1 Å². The van der Waals surface area contributed by atoms with Gasteiger partial charge in [-0.3, -0.25) is 0 Å². The zero-order valence-corrected chi connectivity index (χ0v) is 39.1.